The van der Waals surface area contributed by atoms with Crippen LogP contribution in [0.25, 0.3) is 22.3 Å². The molecule has 0 saturated carbocycles. The highest BCUT2D eigenvalue weighted by molar-refractivity contribution is 7.81. The summed E-state index contributed by atoms with van der Waals surface area (Å²) in [6.45, 7) is -0.699. The van der Waals surface area contributed by atoms with Crippen molar-refractivity contribution in [3.8, 4) is 34.3 Å². The van der Waals surface area contributed by atoms with Crippen LogP contribution < -0.4 is 14.3 Å². The molecule has 194 valence electrons. The Morgan fingerprint density at radius 2 is 1.67 bits per heavy atom. The van der Waals surface area contributed by atoms with Crippen LogP contribution in [-0.2, 0) is 15.1 Å². The molecule has 7 N–H and O–H groups in total. The average molecular weight is 528 g/mol. The number of hydrogen-bond donors (Lipinski definition) is 7. The fraction of sp³-hybridized carbons (Fsp3) is 0.286. The lowest BCUT2D eigenvalue weighted by Crippen LogP contribution is -2.60. The predicted octanol–water partition coefficient (Wildman–Crippen LogP) is -0.769. The van der Waals surface area contributed by atoms with Crippen molar-refractivity contribution in [3.05, 3.63) is 46.6 Å². The number of phenols is 2. The number of benzene rings is 2. The second-order valence-corrected chi connectivity index (χ2v) is 8.82. The maximum absolute atomic E-state index is 12.6. The van der Waals surface area contributed by atoms with Gasteiger partial charge in [0.15, 0.2) is 22.7 Å². The van der Waals surface area contributed by atoms with Crippen LogP contribution in [0.1, 0.15) is 0 Å². The molecule has 0 spiro atoms. The Bertz CT molecular complexity index is 1450. The molecule has 0 bridgehead atoms. The summed E-state index contributed by atoms with van der Waals surface area (Å²) >= 11 is 0. The van der Waals surface area contributed by atoms with E-state index >= 15 is 0 Å². The van der Waals surface area contributed by atoms with Gasteiger partial charge in [-0.1, -0.05) is 0 Å². The fourth-order valence-corrected chi connectivity index (χ4v) is 3.95. The van der Waals surface area contributed by atoms with Crippen LogP contribution in [0.15, 0.2) is 45.6 Å². The predicted molar refractivity (Wildman–Crippen MR) is 118 cm³/mol. The third kappa shape index (κ3) is 5.07. The molecule has 1 saturated heterocycles. The van der Waals surface area contributed by atoms with E-state index in [-0.39, 0.29) is 28.0 Å². The van der Waals surface area contributed by atoms with Crippen molar-refractivity contribution < 1.29 is 61.7 Å². The molecule has 0 amide bonds. The summed E-state index contributed by atoms with van der Waals surface area (Å²) in [7, 11) is -4.93. The number of fused-ring (bicyclic) bond motifs is 1. The van der Waals surface area contributed by atoms with Crippen LogP contribution >= 0.6 is 0 Å². The van der Waals surface area contributed by atoms with Gasteiger partial charge in [0, 0.05) is 23.8 Å². The number of ether oxygens (including phenoxy) is 2. The minimum atomic E-state index is -4.93. The smallest absolute Gasteiger partial charge is 0.446 e. The molecule has 0 aliphatic carbocycles. The summed E-state index contributed by atoms with van der Waals surface area (Å²) in [5.74, 6) is -2.09. The molecule has 1 aromatic heterocycles. The third-order valence-corrected chi connectivity index (χ3v) is 5.72. The molecule has 36 heavy (non-hydrogen) atoms. The quantitative estimate of drug-likeness (QED) is 0.195. The first-order valence-electron chi connectivity index (χ1n) is 10.2. The Balaban J connectivity index is 1.71. The summed E-state index contributed by atoms with van der Waals surface area (Å²) in [6, 6.07) is 6.38. The minimum Gasteiger partial charge on any atom is -0.507 e. The lowest BCUT2D eigenvalue weighted by Gasteiger charge is -2.39. The maximum atomic E-state index is 12.6. The number of aromatic hydroxyl groups is 2. The van der Waals surface area contributed by atoms with E-state index in [4.69, 9.17) is 18.4 Å². The molecular formula is C21H20O14S. The first-order valence-corrected chi connectivity index (χ1v) is 11.5. The third-order valence-electron chi connectivity index (χ3n) is 5.32. The molecule has 1 aliphatic rings. The second-order valence-electron chi connectivity index (χ2n) is 7.80. The maximum Gasteiger partial charge on any atom is 0.446 e. The van der Waals surface area contributed by atoms with Gasteiger partial charge in [0.05, 0.1) is 6.61 Å². The fourth-order valence-electron chi connectivity index (χ4n) is 3.61. The van der Waals surface area contributed by atoms with Gasteiger partial charge in [0.2, 0.25) is 6.29 Å². The van der Waals surface area contributed by atoms with Crippen LogP contribution in [0.2, 0.25) is 0 Å². The number of hydrogen-bond acceptors (Lipinski definition) is 13. The SMILES string of the molecule is O=c1cc(-c2ccc(O)c(O[C@@H]3O[C@H](CO)[C@@H](O)[C@H](O)[C@H]3O)c2)oc2cc(OS(=O)(=O)O)cc(O)c12. The molecule has 2 aromatic carbocycles. The highest BCUT2D eigenvalue weighted by Crippen LogP contribution is 2.36. The molecule has 1 fully saturated rings. The Hall–Kier alpha value is -3.44. The highest BCUT2D eigenvalue weighted by atomic mass is 32.3. The second kappa shape index (κ2) is 9.55. The first-order chi connectivity index (χ1) is 16.9. The molecule has 0 unspecified atom stereocenters. The van der Waals surface area contributed by atoms with Crippen molar-refractivity contribution in [3.63, 3.8) is 0 Å². The zero-order chi connectivity index (χ0) is 26.4. The van der Waals surface area contributed by atoms with Gasteiger partial charge in [0.25, 0.3) is 0 Å². The summed E-state index contributed by atoms with van der Waals surface area (Å²) < 4.78 is 51.4. The van der Waals surface area contributed by atoms with Gasteiger partial charge in [-0.15, -0.1) is 0 Å². The summed E-state index contributed by atoms with van der Waals surface area (Å²) in [5, 5.41) is 59.3. The number of rotatable bonds is 6. The van der Waals surface area contributed by atoms with E-state index in [0.717, 1.165) is 24.3 Å². The summed E-state index contributed by atoms with van der Waals surface area (Å²) in [4.78, 5) is 12.6. The molecule has 14 nitrogen and oxygen atoms in total. The Kier molecular flexibility index (Phi) is 6.80. The van der Waals surface area contributed by atoms with Gasteiger partial charge < -0.3 is 48.7 Å². The van der Waals surface area contributed by atoms with Crippen LogP contribution in [0.4, 0.5) is 0 Å². The van der Waals surface area contributed by atoms with Crippen LogP contribution in [-0.4, -0.2) is 80.9 Å². The molecular weight excluding hydrogens is 508 g/mol. The van der Waals surface area contributed by atoms with Crippen molar-refractivity contribution in [2.45, 2.75) is 30.7 Å². The van der Waals surface area contributed by atoms with E-state index in [1.54, 1.807) is 0 Å². The van der Waals surface area contributed by atoms with E-state index in [1.807, 2.05) is 0 Å². The molecule has 0 radical (unpaired) electrons. The van der Waals surface area contributed by atoms with Crippen molar-refractivity contribution in [1.82, 2.24) is 0 Å². The summed E-state index contributed by atoms with van der Waals surface area (Å²) in [5.41, 5.74) is -0.903. The van der Waals surface area contributed by atoms with Gasteiger partial charge >= 0.3 is 10.4 Å². The largest absolute Gasteiger partial charge is 0.507 e. The van der Waals surface area contributed by atoms with Crippen molar-refractivity contribution in [2.24, 2.45) is 0 Å². The number of aliphatic hydroxyl groups is 4. The van der Waals surface area contributed by atoms with Gasteiger partial charge in [-0.2, -0.15) is 8.42 Å². The monoisotopic (exact) mass is 528 g/mol. The normalized spacial score (nSPS) is 24.5. The molecule has 4 rings (SSSR count). The molecule has 2 heterocycles. The zero-order valence-corrected chi connectivity index (χ0v) is 18.8. The lowest BCUT2D eigenvalue weighted by atomic mass is 9.99. The Labute approximate surface area is 201 Å². The van der Waals surface area contributed by atoms with E-state index in [1.165, 1.54) is 12.1 Å². The van der Waals surface area contributed by atoms with Gasteiger partial charge in [-0.05, 0) is 18.2 Å². The molecule has 1 aliphatic heterocycles. The highest BCUT2D eigenvalue weighted by Gasteiger charge is 2.45. The Morgan fingerprint density at radius 1 is 0.944 bits per heavy atom. The number of phenolic OH excluding ortho intramolecular Hbond substituents is 2. The van der Waals surface area contributed by atoms with E-state index in [2.05, 4.69) is 4.18 Å². The topological polar surface area (TPSA) is 234 Å². The van der Waals surface area contributed by atoms with Crippen molar-refractivity contribution >= 4 is 21.4 Å². The van der Waals surface area contributed by atoms with E-state index in [9.17, 15) is 43.9 Å². The summed E-state index contributed by atoms with van der Waals surface area (Å²) in [6.07, 6.45) is -7.97. The van der Waals surface area contributed by atoms with Crippen LogP contribution in [0.5, 0.6) is 23.0 Å². The van der Waals surface area contributed by atoms with Crippen molar-refractivity contribution in [2.75, 3.05) is 6.61 Å². The van der Waals surface area contributed by atoms with Crippen LogP contribution in [0.3, 0.4) is 0 Å². The molecule has 3 aromatic rings. The first kappa shape index (κ1) is 25.6. The standard InChI is InChI=1S/C21H20O14S/c22-7-16-18(26)19(27)20(28)21(34-16)33-14-3-8(1-2-10(14)23)13-6-12(25)17-11(24)4-9(5-15(17)32-13)35-36(29,30)31/h1-6,16,18-24,26-28H,7H2,(H,29,30,31)/t16-,18-,19+,20-,21-/m1/s1. The van der Waals surface area contributed by atoms with E-state index in [0.29, 0.717) is 0 Å². The van der Waals surface area contributed by atoms with Gasteiger partial charge in [0.1, 0.15) is 46.9 Å². The molecule has 15 heteroatoms. The van der Waals surface area contributed by atoms with Crippen molar-refractivity contribution in [1.29, 1.82) is 0 Å². The Morgan fingerprint density at radius 3 is 2.33 bits per heavy atom. The van der Waals surface area contributed by atoms with E-state index < -0.39 is 70.4 Å². The number of aliphatic hydroxyl groups excluding tert-OH is 4. The average Bonchev–Trinajstić information content (AvgIpc) is 2.79. The minimum absolute atomic E-state index is 0.130. The van der Waals surface area contributed by atoms with Gasteiger partial charge in [-0.3, -0.25) is 9.35 Å². The lowest BCUT2D eigenvalue weighted by molar-refractivity contribution is -0.277. The van der Waals surface area contributed by atoms with Gasteiger partial charge in [-0.25, -0.2) is 0 Å². The van der Waals surface area contributed by atoms with Crippen LogP contribution in [0, 0.1) is 0 Å². The zero-order valence-electron chi connectivity index (χ0n) is 18.0. The molecule has 5 atom stereocenters.